The number of rotatable bonds is 6. The molecule has 0 aliphatic carbocycles. The van der Waals surface area contributed by atoms with Crippen molar-refractivity contribution in [3.8, 4) is 5.75 Å². The van der Waals surface area contributed by atoms with E-state index in [-0.39, 0.29) is 0 Å². The van der Waals surface area contributed by atoms with E-state index in [0.29, 0.717) is 12.0 Å². The molecular weight excluding hydrogens is 324 g/mol. The van der Waals surface area contributed by atoms with Crippen LogP contribution in [0.25, 0.3) is 0 Å². The molecule has 1 aromatic rings. The van der Waals surface area contributed by atoms with Crippen LogP contribution >= 0.6 is 0 Å². The molecule has 1 atom stereocenters. The van der Waals surface area contributed by atoms with Gasteiger partial charge in [-0.15, -0.1) is 0 Å². The summed E-state index contributed by atoms with van der Waals surface area (Å²) in [4.78, 5) is 7.03. The lowest BCUT2D eigenvalue weighted by Crippen LogP contribution is -2.49. The number of ether oxygens (including phenoxy) is 1. The van der Waals surface area contributed by atoms with Crippen molar-refractivity contribution < 1.29 is 4.74 Å². The van der Waals surface area contributed by atoms with E-state index in [2.05, 4.69) is 45.6 Å². The highest BCUT2D eigenvalue weighted by Gasteiger charge is 2.22. The van der Waals surface area contributed by atoms with Gasteiger partial charge in [0.15, 0.2) is 5.96 Å². The fourth-order valence-electron chi connectivity index (χ4n) is 3.92. The van der Waals surface area contributed by atoms with Crippen molar-refractivity contribution in [3.05, 3.63) is 29.8 Å². The van der Waals surface area contributed by atoms with Crippen molar-refractivity contribution >= 4 is 5.96 Å². The molecule has 2 heterocycles. The zero-order chi connectivity index (χ0) is 18.2. The van der Waals surface area contributed by atoms with Crippen molar-refractivity contribution in [2.75, 3.05) is 39.8 Å². The van der Waals surface area contributed by atoms with Crippen LogP contribution < -0.4 is 15.4 Å². The van der Waals surface area contributed by atoms with Gasteiger partial charge in [0.05, 0.1) is 6.61 Å². The Kier molecular flexibility index (Phi) is 7.18. The highest BCUT2D eigenvalue weighted by atomic mass is 16.5. The van der Waals surface area contributed by atoms with Crippen molar-refractivity contribution in [3.63, 3.8) is 0 Å². The van der Waals surface area contributed by atoms with E-state index in [1.54, 1.807) is 0 Å². The molecule has 3 rings (SSSR count). The molecule has 0 amide bonds. The van der Waals surface area contributed by atoms with Gasteiger partial charge in [-0.05, 0) is 43.9 Å². The minimum Gasteiger partial charge on any atom is -0.493 e. The van der Waals surface area contributed by atoms with Crippen LogP contribution in [-0.2, 0) is 0 Å². The molecule has 5 nitrogen and oxygen atoms in total. The maximum Gasteiger partial charge on any atom is 0.191 e. The number of hydrogen-bond donors (Lipinski definition) is 2. The van der Waals surface area contributed by atoms with E-state index >= 15 is 0 Å². The van der Waals surface area contributed by atoms with Crippen LogP contribution in [0.1, 0.15) is 50.5 Å². The van der Waals surface area contributed by atoms with Gasteiger partial charge in [0, 0.05) is 38.6 Å². The molecule has 1 aromatic carbocycles. The first kappa shape index (κ1) is 19.0. The summed E-state index contributed by atoms with van der Waals surface area (Å²) < 4.78 is 5.77. The van der Waals surface area contributed by atoms with Crippen molar-refractivity contribution in [1.82, 2.24) is 15.5 Å². The Morgan fingerprint density at radius 3 is 2.81 bits per heavy atom. The van der Waals surface area contributed by atoms with Gasteiger partial charge in [-0.1, -0.05) is 31.5 Å². The quantitative estimate of drug-likeness (QED) is 0.606. The smallest absolute Gasteiger partial charge is 0.191 e. The molecule has 144 valence electrons. The Labute approximate surface area is 158 Å². The normalized spacial score (nSPS) is 21.8. The van der Waals surface area contributed by atoms with Crippen molar-refractivity contribution in [1.29, 1.82) is 0 Å². The SMILES string of the molecule is CCCCN1CCC(NC(=NC)NCC2CCOc3ccccc32)CC1. The van der Waals surface area contributed by atoms with E-state index in [1.807, 2.05) is 13.1 Å². The van der Waals surface area contributed by atoms with Crippen LogP contribution in [0.3, 0.4) is 0 Å². The fourth-order valence-corrected chi connectivity index (χ4v) is 3.92. The lowest BCUT2D eigenvalue weighted by atomic mass is 9.93. The van der Waals surface area contributed by atoms with Gasteiger partial charge in [0.2, 0.25) is 0 Å². The van der Waals surface area contributed by atoms with Gasteiger partial charge in [-0.3, -0.25) is 4.99 Å². The van der Waals surface area contributed by atoms with Crippen molar-refractivity contribution in [2.45, 2.75) is 51.0 Å². The molecule has 1 saturated heterocycles. The zero-order valence-corrected chi connectivity index (χ0v) is 16.3. The molecule has 26 heavy (non-hydrogen) atoms. The average Bonchev–Trinajstić information content (AvgIpc) is 2.70. The molecule has 0 aromatic heterocycles. The molecular formula is C21H34N4O. The summed E-state index contributed by atoms with van der Waals surface area (Å²) in [5.74, 6) is 2.45. The van der Waals surface area contributed by atoms with Gasteiger partial charge in [-0.25, -0.2) is 0 Å². The van der Waals surface area contributed by atoms with Crippen molar-refractivity contribution in [2.24, 2.45) is 4.99 Å². The summed E-state index contributed by atoms with van der Waals surface area (Å²) in [6, 6.07) is 8.92. The van der Waals surface area contributed by atoms with Gasteiger partial charge in [-0.2, -0.15) is 0 Å². The minimum atomic E-state index is 0.481. The Morgan fingerprint density at radius 2 is 2.04 bits per heavy atom. The van der Waals surface area contributed by atoms with Gasteiger partial charge >= 0.3 is 0 Å². The number of hydrogen-bond acceptors (Lipinski definition) is 3. The van der Waals surface area contributed by atoms with Crippen LogP contribution in [0.4, 0.5) is 0 Å². The summed E-state index contributed by atoms with van der Waals surface area (Å²) >= 11 is 0. The van der Waals surface area contributed by atoms with E-state index in [1.165, 1.54) is 50.9 Å². The summed E-state index contributed by atoms with van der Waals surface area (Å²) in [5.41, 5.74) is 1.31. The maximum atomic E-state index is 5.77. The standard InChI is InChI=1S/C21H34N4O/c1-3-4-12-25-13-9-18(10-14-25)24-21(22-2)23-16-17-11-15-26-20-8-6-5-7-19(17)20/h5-8,17-18H,3-4,9-16H2,1-2H3,(H2,22,23,24). The molecule has 1 fully saturated rings. The number of benzene rings is 1. The molecule has 0 bridgehead atoms. The van der Waals surface area contributed by atoms with E-state index in [4.69, 9.17) is 4.74 Å². The average molecular weight is 359 g/mol. The van der Waals surface area contributed by atoms with Crippen LogP contribution in [0.15, 0.2) is 29.3 Å². The number of unbranched alkanes of at least 4 members (excludes halogenated alkanes) is 1. The Morgan fingerprint density at radius 1 is 1.23 bits per heavy atom. The first-order valence-corrected chi connectivity index (χ1v) is 10.2. The zero-order valence-electron chi connectivity index (χ0n) is 16.3. The van der Waals surface area contributed by atoms with E-state index < -0.39 is 0 Å². The molecule has 1 unspecified atom stereocenters. The van der Waals surface area contributed by atoms with Gasteiger partial charge < -0.3 is 20.3 Å². The Balaban J connectivity index is 1.45. The number of para-hydroxylation sites is 1. The largest absolute Gasteiger partial charge is 0.493 e. The monoisotopic (exact) mass is 358 g/mol. The predicted octanol–water partition coefficient (Wildman–Crippen LogP) is 2.98. The molecule has 2 aliphatic rings. The van der Waals surface area contributed by atoms with Crippen LogP contribution in [-0.4, -0.2) is 56.7 Å². The first-order valence-electron chi connectivity index (χ1n) is 10.2. The third-order valence-corrected chi connectivity index (χ3v) is 5.58. The highest BCUT2D eigenvalue weighted by Crippen LogP contribution is 2.32. The Hall–Kier alpha value is -1.75. The van der Waals surface area contributed by atoms with E-state index in [0.717, 1.165) is 31.3 Å². The summed E-state index contributed by atoms with van der Waals surface area (Å²) in [6.07, 6.45) is 6.05. The molecule has 2 aliphatic heterocycles. The third-order valence-electron chi connectivity index (χ3n) is 5.58. The second kappa shape index (κ2) is 9.81. The lowest BCUT2D eigenvalue weighted by Gasteiger charge is -2.33. The number of nitrogens with zero attached hydrogens (tertiary/aromatic N) is 2. The molecule has 0 radical (unpaired) electrons. The van der Waals surface area contributed by atoms with Gasteiger partial charge in [0.1, 0.15) is 5.75 Å². The highest BCUT2D eigenvalue weighted by molar-refractivity contribution is 5.80. The summed E-state index contributed by atoms with van der Waals surface area (Å²) in [5, 5.41) is 7.17. The topological polar surface area (TPSA) is 48.9 Å². The molecule has 0 spiro atoms. The predicted molar refractivity (Wildman–Crippen MR) is 108 cm³/mol. The number of piperidine rings is 1. The van der Waals surface area contributed by atoms with Crippen LogP contribution in [0.2, 0.25) is 0 Å². The molecule has 0 saturated carbocycles. The third kappa shape index (κ3) is 5.13. The summed E-state index contributed by atoms with van der Waals surface area (Å²) in [7, 11) is 1.86. The number of fused-ring (bicyclic) bond motifs is 1. The molecule has 2 N–H and O–H groups in total. The number of likely N-dealkylation sites (tertiary alicyclic amines) is 1. The number of aliphatic imine (C=N–C) groups is 1. The first-order chi connectivity index (χ1) is 12.8. The summed E-state index contributed by atoms with van der Waals surface area (Å²) in [6.45, 7) is 7.60. The minimum absolute atomic E-state index is 0.481. The number of guanidine groups is 1. The fraction of sp³-hybridized carbons (Fsp3) is 0.667. The second-order valence-electron chi connectivity index (χ2n) is 7.44. The number of nitrogens with one attached hydrogen (secondary N) is 2. The van der Waals surface area contributed by atoms with Gasteiger partial charge in [0.25, 0.3) is 0 Å². The van der Waals surface area contributed by atoms with Crippen LogP contribution in [0.5, 0.6) is 5.75 Å². The second-order valence-corrected chi connectivity index (χ2v) is 7.44. The van der Waals surface area contributed by atoms with Crippen LogP contribution in [0, 0.1) is 0 Å². The molecule has 5 heteroatoms. The Bertz CT molecular complexity index is 581. The van der Waals surface area contributed by atoms with E-state index in [9.17, 15) is 0 Å². The maximum absolute atomic E-state index is 5.77. The lowest BCUT2D eigenvalue weighted by molar-refractivity contribution is 0.203.